The molecule has 2 heterocycles. The molecule has 0 bridgehead atoms. The molecule has 2 aliphatic rings. The Labute approximate surface area is 241 Å². The third kappa shape index (κ3) is 5.50. The van der Waals surface area contributed by atoms with Gasteiger partial charge in [-0.3, -0.25) is 4.57 Å². The number of rotatable bonds is 6. The van der Waals surface area contributed by atoms with Crippen LogP contribution in [0.1, 0.15) is 18.4 Å². The number of imidazole rings is 1. The lowest BCUT2D eigenvalue weighted by Crippen LogP contribution is -2.18. The molecule has 3 aromatic carbocycles. The van der Waals surface area contributed by atoms with Crippen molar-refractivity contribution in [3.8, 4) is 17.1 Å². The lowest BCUT2D eigenvalue weighted by atomic mass is 9.81. The highest BCUT2D eigenvalue weighted by Crippen LogP contribution is 2.30. The van der Waals surface area contributed by atoms with Gasteiger partial charge in [0.1, 0.15) is 5.82 Å². The van der Waals surface area contributed by atoms with Crippen LogP contribution in [-0.4, -0.2) is 21.1 Å². The lowest BCUT2D eigenvalue weighted by Gasteiger charge is -2.23. The molecule has 1 aromatic heterocycles. The van der Waals surface area contributed by atoms with Crippen LogP contribution in [0.4, 0.5) is 0 Å². The molecule has 0 spiro atoms. The maximum atomic E-state index is 5.07. The van der Waals surface area contributed by atoms with Crippen LogP contribution in [0.15, 0.2) is 162 Å². The van der Waals surface area contributed by atoms with E-state index in [1.807, 2.05) is 24.4 Å². The Balaban J connectivity index is 1.39. The van der Waals surface area contributed by atoms with Gasteiger partial charge >= 0.3 is 0 Å². The third-order valence-corrected chi connectivity index (χ3v) is 7.46. The number of fused-ring (bicyclic) bond motifs is 1. The van der Waals surface area contributed by atoms with Crippen LogP contribution in [0.2, 0.25) is 0 Å². The first-order chi connectivity index (χ1) is 20.2. The van der Waals surface area contributed by atoms with Crippen molar-refractivity contribution in [2.24, 2.45) is 21.8 Å². The van der Waals surface area contributed by atoms with E-state index in [9.17, 15) is 0 Å². The largest absolute Gasteiger partial charge is 0.292 e. The van der Waals surface area contributed by atoms with Crippen molar-refractivity contribution in [2.45, 2.75) is 12.8 Å². The van der Waals surface area contributed by atoms with Crippen LogP contribution >= 0.6 is 0 Å². The van der Waals surface area contributed by atoms with Crippen molar-refractivity contribution in [3.05, 3.63) is 158 Å². The first kappa shape index (κ1) is 26.1. The van der Waals surface area contributed by atoms with Crippen LogP contribution in [0, 0.1) is 11.8 Å². The minimum Gasteiger partial charge on any atom is -0.292 e. The molecule has 4 heteroatoms. The zero-order valence-electron chi connectivity index (χ0n) is 23.0. The summed E-state index contributed by atoms with van der Waals surface area (Å²) in [6, 6.07) is 26.9. The number of nitrogens with zero attached hydrogens (tertiary/aromatic N) is 4. The third-order valence-electron chi connectivity index (χ3n) is 7.46. The highest BCUT2D eigenvalue weighted by atomic mass is 15.1. The minimum absolute atomic E-state index is 0.106. The molecule has 0 saturated carbocycles. The van der Waals surface area contributed by atoms with E-state index in [4.69, 9.17) is 15.0 Å². The molecule has 6 rings (SSSR count). The maximum Gasteiger partial charge on any atom is 0.159 e. The molecule has 2 unspecified atom stereocenters. The Morgan fingerprint density at radius 3 is 2.39 bits per heavy atom. The number of aromatic nitrogens is 2. The summed E-state index contributed by atoms with van der Waals surface area (Å²) < 4.78 is 2.21. The second kappa shape index (κ2) is 12.0. The SMILES string of the molecule is C=CC1C=CC=CC1C(=C)C1=N/C(c2ccc(-c3nc4ccccc4n3-c3ccccc3)cc2)=N\C=C\CC\C=C\1. The van der Waals surface area contributed by atoms with E-state index in [0.29, 0.717) is 5.84 Å². The molecule has 200 valence electrons. The summed E-state index contributed by atoms with van der Waals surface area (Å²) in [7, 11) is 0. The number of amidine groups is 1. The first-order valence-corrected chi connectivity index (χ1v) is 14.0. The normalized spacial score (nSPS) is 22.7. The van der Waals surface area contributed by atoms with E-state index in [1.165, 1.54) is 0 Å². The van der Waals surface area contributed by atoms with E-state index in [1.54, 1.807) is 0 Å². The molecular weight excluding hydrogens is 500 g/mol. The average Bonchev–Trinajstić information content (AvgIpc) is 3.43. The summed E-state index contributed by atoms with van der Waals surface area (Å²) in [5.41, 5.74) is 6.85. The summed E-state index contributed by atoms with van der Waals surface area (Å²) in [4.78, 5) is 14.9. The van der Waals surface area contributed by atoms with Gasteiger partial charge in [-0.25, -0.2) is 15.0 Å². The first-order valence-electron chi connectivity index (χ1n) is 14.0. The molecule has 2 atom stereocenters. The number of hydrogen-bond donors (Lipinski definition) is 0. The predicted molar refractivity (Wildman–Crippen MR) is 173 cm³/mol. The Kier molecular flexibility index (Phi) is 7.63. The fourth-order valence-corrected chi connectivity index (χ4v) is 5.28. The maximum absolute atomic E-state index is 5.07. The number of benzene rings is 3. The van der Waals surface area contributed by atoms with Crippen LogP contribution in [0.25, 0.3) is 28.1 Å². The van der Waals surface area contributed by atoms with Gasteiger partial charge in [-0.2, -0.15) is 0 Å². The lowest BCUT2D eigenvalue weighted by molar-refractivity contribution is 0.654. The van der Waals surface area contributed by atoms with Crippen molar-refractivity contribution < 1.29 is 0 Å². The highest BCUT2D eigenvalue weighted by Gasteiger charge is 2.22. The van der Waals surface area contributed by atoms with Gasteiger partial charge < -0.3 is 0 Å². The standard InChI is InChI=1S/C37H32N4/c1-3-28-15-10-11-18-32(28)27(2)33-19-9-4-5-14-26-38-36(39-33)29-22-24-30(25-23-29)37-40-34-20-12-13-21-35(34)41(37)31-16-7-6-8-17-31/h3,6-26,28,32H,1-2,4-5H2/b19-9+,26-14+,38-36-,39-33+. The van der Waals surface area contributed by atoms with Crippen molar-refractivity contribution >= 4 is 22.6 Å². The summed E-state index contributed by atoms with van der Waals surface area (Å²) in [5, 5.41) is 0. The van der Waals surface area contributed by atoms with E-state index in [-0.39, 0.29) is 11.8 Å². The van der Waals surface area contributed by atoms with Gasteiger partial charge in [0.15, 0.2) is 5.84 Å². The molecule has 0 saturated heterocycles. The number of para-hydroxylation sites is 3. The summed E-state index contributed by atoms with van der Waals surface area (Å²) in [6.07, 6.45) is 20.5. The van der Waals surface area contributed by atoms with Crippen molar-refractivity contribution in [1.82, 2.24) is 9.55 Å². The fraction of sp³-hybridized carbons (Fsp3) is 0.108. The van der Waals surface area contributed by atoms with Gasteiger partial charge in [0, 0.05) is 34.9 Å². The molecule has 0 fully saturated rings. The fourth-order valence-electron chi connectivity index (χ4n) is 5.28. The Morgan fingerprint density at radius 1 is 0.829 bits per heavy atom. The predicted octanol–water partition coefficient (Wildman–Crippen LogP) is 8.84. The molecule has 0 radical (unpaired) electrons. The number of allylic oxidation sites excluding steroid dienone is 9. The Bertz CT molecular complexity index is 1760. The number of hydrogen-bond acceptors (Lipinski definition) is 3. The van der Waals surface area contributed by atoms with Gasteiger partial charge in [0.25, 0.3) is 0 Å². The average molecular weight is 533 g/mol. The quantitative estimate of drug-likeness (QED) is 0.229. The van der Waals surface area contributed by atoms with E-state index in [2.05, 4.69) is 127 Å². The van der Waals surface area contributed by atoms with Crippen molar-refractivity contribution in [2.75, 3.05) is 0 Å². The molecule has 1 aliphatic carbocycles. The Morgan fingerprint density at radius 2 is 1.56 bits per heavy atom. The van der Waals surface area contributed by atoms with Crippen LogP contribution in [0.5, 0.6) is 0 Å². The van der Waals surface area contributed by atoms with E-state index < -0.39 is 0 Å². The summed E-state index contributed by atoms with van der Waals surface area (Å²) in [6.45, 7) is 8.50. The van der Waals surface area contributed by atoms with Gasteiger partial charge in [0.05, 0.1) is 16.7 Å². The molecular formula is C37H32N4. The van der Waals surface area contributed by atoms with Crippen LogP contribution in [-0.2, 0) is 0 Å². The Hall–Kier alpha value is -5.09. The second-order valence-corrected chi connectivity index (χ2v) is 10.1. The second-order valence-electron chi connectivity index (χ2n) is 10.1. The minimum atomic E-state index is 0.106. The summed E-state index contributed by atoms with van der Waals surface area (Å²) in [5.74, 6) is 1.83. The smallest absolute Gasteiger partial charge is 0.159 e. The van der Waals surface area contributed by atoms with E-state index in [0.717, 1.165) is 57.8 Å². The van der Waals surface area contributed by atoms with Gasteiger partial charge in [-0.05, 0) is 48.8 Å². The molecule has 4 nitrogen and oxygen atoms in total. The zero-order chi connectivity index (χ0) is 28.0. The topological polar surface area (TPSA) is 42.5 Å². The zero-order valence-corrected chi connectivity index (χ0v) is 23.0. The highest BCUT2D eigenvalue weighted by molar-refractivity contribution is 6.17. The van der Waals surface area contributed by atoms with Gasteiger partial charge in [0.2, 0.25) is 0 Å². The molecule has 1 aliphatic heterocycles. The van der Waals surface area contributed by atoms with Gasteiger partial charge in [-0.1, -0.05) is 104 Å². The molecule has 41 heavy (non-hydrogen) atoms. The number of aliphatic imine (C=N–C) groups is 2. The molecule has 0 amide bonds. The monoisotopic (exact) mass is 532 g/mol. The van der Waals surface area contributed by atoms with Gasteiger partial charge in [-0.15, -0.1) is 6.58 Å². The molecule has 4 aromatic rings. The van der Waals surface area contributed by atoms with Crippen molar-refractivity contribution in [1.29, 1.82) is 0 Å². The van der Waals surface area contributed by atoms with Crippen molar-refractivity contribution in [3.63, 3.8) is 0 Å². The van der Waals surface area contributed by atoms with Crippen LogP contribution in [0.3, 0.4) is 0 Å². The van der Waals surface area contributed by atoms with Crippen LogP contribution < -0.4 is 0 Å². The molecule has 0 N–H and O–H groups in total. The summed E-state index contributed by atoms with van der Waals surface area (Å²) >= 11 is 0. The van der Waals surface area contributed by atoms with E-state index >= 15 is 0 Å².